The van der Waals surface area contributed by atoms with E-state index in [4.69, 9.17) is 4.74 Å². The zero-order valence-corrected chi connectivity index (χ0v) is 14.7. The molecule has 0 bridgehead atoms. The van der Waals surface area contributed by atoms with Crippen molar-refractivity contribution in [3.63, 3.8) is 0 Å². The minimum absolute atomic E-state index is 0.195. The highest BCUT2D eigenvalue weighted by atomic mass is 16.5. The van der Waals surface area contributed by atoms with Crippen LogP contribution in [0.15, 0.2) is 49.1 Å². The van der Waals surface area contributed by atoms with Crippen LogP contribution >= 0.6 is 0 Å². The Hall–Kier alpha value is -3.19. The van der Waals surface area contributed by atoms with E-state index in [-0.39, 0.29) is 5.91 Å². The largest absolute Gasteiger partial charge is 0.381 e. The number of aromatic amines is 1. The fraction of sp³-hybridized carbons (Fsp3) is 0.250. The van der Waals surface area contributed by atoms with Crippen LogP contribution in [0.3, 0.4) is 0 Å². The van der Waals surface area contributed by atoms with E-state index in [2.05, 4.69) is 24.8 Å². The summed E-state index contributed by atoms with van der Waals surface area (Å²) in [5, 5.41) is 3.98. The molecule has 1 amide bonds. The van der Waals surface area contributed by atoms with Crippen LogP contribution in [-0.2, 0) is 4.74 Å². The van der Waals surface area contributed by atoms with Crippen LogP contribution in [0.5, 0.6) is 0 Å². The van der Waals surface area contributed by atoms with Crippen molar-refractivity contribution >= 4 is 33.7 Å². The van der Waals surface area contributed by atoms with Gasteiger partial charge >= 0.3 is 0 Å². The van der Waals surface area contributed by atoms with E-state index in [9.17, 15) is 4.79 Å². The van der Waals surface area contributed by atoms with Crippen molar-refractivity contribution in [2.75, 3.05) is 18.5 Å². The number of carbonyl (C=O) groups is 1. The summed E-state index contributed by atoms with van der Waals surface area (Å²) in [5.74, 6) is -0.195. The zero-order chi connectivity index (χ0) is 18.2. The molecular weight excluding hydrogens is 342 g/mol. The van der Waals surface area contributed by atoms with Crippen LogP contribution in [0.4, 0.5) is 5.69 Å². The first kappa shape index (κ1) is 16.0. The van der Waals surface area contributed by atoms with Crippen molar-refractivity contribution in [2.24, 2.45) is 0 Å². The fourth-order valence-electron chi connectivity index (χ4n) is 3.61. The first-order chi connectivity index (χ1) is 13.3. The van der Waals surface area contributed by atoms with Gasteiger partial charge in [-0.2, -0.15) is 0 Å². The van der Waals surface area contributed by atoms with Gasteiger partial charge in [-0.1, -0.05) is 0 Å². The monoisotopic (exact) mass is 361 g/mol. The molecule has 4 heterocycles. The predicted octanol–water partition coefficient (Wildman–Crippen LogP) is 3.52. The minimum Gasteiger partial charge on any atom is -0.381 e. The number of hydrogen-bond donors (Lipinski definition) is 2. The first-order valence-corrected chi connectivity index (χ1v) is 9.07. The number of H-pyrrole nitrogens is 1. The second-order valence-electron chi connectivity index (χ2n) is 6.80. The molecule has 3 aromatic heterocycles. The maximum atomic E-state index is 12.6. The lowest BCUT2D eigenvalue weighted by Gasteiger charge is -2.23. The number of benzene rings is 1. The lowest BCUT2D eigenvalue weighted by atomic mass is 10.1. The summed E-state index contributed by atoms with van der Waals surface area (Å²) in [6.45, 7) is 1.52. The number of nitrogens with zero attached hydrogens (tertiary/aromatic N) is 3. The quantitative estimate of drug-likeness (QED) is 0.585. The van der Waals surface area contributed by atoms with Gasteiger partial charge in [0, 0.05) is 48.2 Å². The summed E-state index contributed by atoms with van der Waals surface area (Å²) in [6.07, 6.45) is 7.22. The van der Waals surface area contributed by atoms with Crippen molar-refractivity contribution in [1.82, 2.24) is 19.5 Å². The highest BCUT2D eigenvalue weighted by molar-refractivity contribution is 6.06. The van der Waals surface area contributed by atoms with Gasteiger partial charge in [-0.3, -0.25) is 4.79 Å². The third-order valence-electron chi connectivity index (χ3n) is 5.07. The Morgan fingerprint density at radius 1 is 1.19 bits per heavy atom. The summed E-state index contributed by atoms with van der Waals surface area (Å²) >= 11 is 0. The number of aromatic nitrogens is 4. The third-order valence-corrected chi connectivity index (χ3v) is 5.07. The molecule has 7 nitrogen and oxygen atoms in total. The standard InChI is InChI=1S/C20H19N5O2/c26-20(24-15-1-2-17-13(9-15)3-6-21-17)14-10-18-19(22-11-14)25(12-23-18)16-4-7-27-8-5-16/h1-3,6,9-12,16,21H,4-5,7-8H2,(H,24,26). The topological polar surface area (TPSA) is 84.8 Å². The second kappa shape index (κ2) is 6.51. The number of fused-ring (bicyclic) bond motifs is 2. The van der Waals surface area contributed by atoms with Crippen molar-refractivity contribution in [2.45, 2.75) is 18.9 Å². The van der Waals surface area contributed by atoms with Crippen molar-refractivity contribution in [3.8, 4) is 0 Å². The Morgan fingerprint density at radius 3 is 2.96 bits per heavy atom. The Balaban J connectivity index is 1.40. The van der Waals surface area contributed by atoms with Crippen LogP contribution < -0.4 is 5.32 Å². The summed E-state index contributed by atoms with van der Waals surface area (Å²) < 4.78 is 7.53. The molecule has 1 fully saturated rings. The van der Waals surface area contributed by atoms with Crippen LogP contribution in [-0.4, -0.2) is 38.6 Å². The normalized spacial score (nSPS) is 15.4. The van der Waals surface area contributed by atoms with E-state index in [1.165, 1.54) is 0 Å². The van der Waals surface area contributed by atoms with E-state index >= 15 is 0 Å². The molecule has 0 spiro atoms. The number of ether oxygens (including phenoxy) is 1. The van der Waals surface area contributed by atoms with E-state index in [1.807, 2.05) is 36.8 Å². The average molecular weight is 361 g/mol. The Kier molecular flexibility index (Phi) is 3.86. The highest BCUT2D eigenvalue weighted by Gasteiger charge is 2.19. The molecule has 0 aliphatic carbocycles. The molecular formula is C20H19N5O2. The molecule has 136 valence electrons. The molecule has 4 aromatic rings. The predicted molar refractivity (Wildman–Crippen MR) is 103 cm³/mol. The molecule has 0 radical (unpaired) electrons. The van der Waals surface area contributed by atoms with Gasteiger partial charge in [-0.15, -0.1) is 0 Å². The Bertz CT molecular complexity index is 1120. The molecule has 0 unspecified atom stereocenters. The second-order valence-corrected chi connectivity index (χ2v) is 6.80. The van der Waals surface area contributed by atoms with Crippen LogP contribution in [0.25, 0.3) is 22.1 Å². The summed E-state index contributed by atoms with van der Waals surface area (Å²) in [6, 6.07) is 9.88. The third kappa shape index (κ3) is 2.96. The minimum atomic E-state index is -0.195. The molecule has 27 heavy (non-hydrogen) atoms. The Morgan fingerprint density at radius 2 is 2.07 bits per heavy atom. The van der Waals surface area contributed by atoms with Crippen molar-refractivity contribution in [3.05, 3.63) is 54.6 Å². The average Bonchev–Trinajstić information content (AvgIpc) is 3.34. The maximum Gasteiger partial charge on any atom is 0.257 e. The van der Waals surface area contributed by atoms with E-state index in [1.54, 1.807) is 12.3 Å². The smallest absolute Gasteiger partial charge is 0.257 e. The molecule has 1 aliphatic rings. The summed E-state index contributed by atoms with van der Waals surface area (Å²) in [7, 11) is 0. The van der Waals surface area contributed by atoms with E-state index < -0.39 is 0 Å². The molecule has 1 aromatic carbocycles. The number of carbonyl (C=O) groups excluding carboxylic acids is 1. The number of hydrogen-bond acceptors (Lipinski definition) is 4. The number of pyridine rings is 1. The number of anilines is 1. The van der Waals surface area contributed by atoms with Crippen LogP contribution in [0.2, 0.25) is 0 Å². The number of imidazole rings is 1. The SMILES string of the molecule is O=C(Nc1ccc2[nH]ccc2c1)c1cnc2c(c1)ncn2C1CCOCC1. The van der Waals surface area contributed by atoms with Gasteiger partial charge in [-0.25, -0.2) is 9.97 Å². The highest BCUT2D eigenvalue weighted by Crippen LogP contribution is 2.25. The summed E-state index contributed by atoms with van der Waals surface area (Å²) in [4.78, 5) is 24.7. The molecule has 7 heteroatoms. The number of nitrogens with one attached hydrogen (secondary N) is 2. The molecule has 1 saturated heterocycles. The molecule has 1 aliphatic heterocycles. The lowest BCUT2D eigenvalue weighted by molar-refractivity contribution is 0.0704. The molecule has 0 saturated carbocycles. The number of amides is 1. The van der Waals surface area contributed by atoms with Gasteiger partial charge in [0.15, 0.2) is 5.65 Å². The van der Waals surface area contributed by atoms with Gasteiger partial charge in [0.05, 0.1) is 11.9 Å². The van der Waals surface area contributed by atoms with Gasteiger partial charge in [-0.05, 0) is 43.2 Å². The van der Waals surface area contributed by atoms with Crippen molar-refractivity contribution < 1.29 is 9.53 Å². The molecule has 5 rings (SSSR count). The van der Waals surface area contributed by atoms with Crippen LogP contribution in [0, 0.1) is 0 Å². The molecule has 2 N–H and O–H groups in total. The van der Waals surface area contributed by atoms with Gasteiger partial charge < -0.3 is 19.6 Å². The molecule has 0 atom stereocenters. The lowest BCUT2D eigenvalue weighted by Crippen LogP contribution is -2.19. The van der Waals surface area contributed by atoms with Gasteiger partial charge in [0.2, 0.25) is 0 Å². The maximum absolute atomic E-state index is 12.6. The summed E-state index contributed by atoms with van der Waals surface area (Å²) in [5.41, 5.74) is 3.82. The van der Waals surface area contributed by atoms with E-state index in [0.717, 1.165) is 53.8 Å². The zero-order valence-electron chi connectivity index (χ0n) is 14.7. The number of rotatable bonds is 3. The van der Waals surface area contributed by atoms with Crippen molar-refractivity contribution in [1.29, 1.82) is 0 Å². The first-order valence-electron chi connectivity index (χ1n) is 9.07. The fourth-order valence-corrected chi connectivity index (χ4v) is 3.61. The Labute approximate surface area is 155 Å². The van der Waals surface area contributed by atoms with Gasteiger partial charge in [0.1, 0.15) is 5.52 Å². The van der Waals surface area contributed by atoms with Gasteiger partial charge in [0.25, 0.3) is 5.91 Å². The van der Waals surface area contributed by atoms with Crippen LogP contribution in [0.1, 0.15) is 29.2 Å². The van der Waals surface area contributed by atoms with E-state index in [0.29, 0.717) is 11.6 Å².